The van der Waals surface area contributed by atoms with Gasteiger partial charge >= 0.3 is 79.0 Å². The van der Waals surface area contributed by atoms with E-state index in [-0.39, 0.29) is 77.1 Å². The number of hydrogen-bond acceptors (Lipinski definition) is 0. The maximum Gasteiger partial charge on any atom is 1.00 e. The van der Waals surface area contributed by atoms with E-state index in [1.54, 1.807) is 31.8 Å². The van der Waals surface area contributed by atoms with Crippen molar-refractivity contribution in [1.82, 2.24) is 0 Å². The molecule has 0 saturated carbocycles. The summed E-state index contributed by atoms with van der Waals surface area (Å²) in [6.07, 6.45) is -54.8. The van der Waals surface area contributed by atoms with Crippen LogP contribution in [0.25, 0.3) is 0 Å². The minimum atomic E-state index is -6.13. The second kappa shape index (κ2) is 32.7. The van der Waals surface area contributed by atoms with E-state index in [0.717, 1.165) is 0 Å². The van der Waals surface area contributed by atoms with Gasteiger partial charge in [-0.05, 0) is 85.8 Å². The standard InChI is InChI=1S/C32H12BF24.3C10H16P2.Na/c34-25(35,36)13-1-14(26(37,38)39)6-21(5-13)33(22-7-15(27(40,41)42)2-16(8-22)28(43,44)45,23-9-17(29(46,47)48)3-18(10-23)30(49,50)51)24-11-19(31(52,53)54)4-20(12-24)32(55,56)57;3*1-11(2)9-7-5-6-8-10(9)12(3)4;/h1-12H;3*5-8H,1-4H3;/q-1;;;;+1/p+4. The average Bonchev–Trinajstić information content (AvgIpc) is 0.708. The van der Waals surface area contributed by atoms with Crippen LogP contribution >= 0.6 is 47.5 Å². The van der Waals surface area contributed by atoms with Crippen molar-refractivity contribution in [2.45, 2.75) is 49.4 Å². The molecule has 0 unspecified atom stereocenters. The molecule has 0 heterocycles. The van der Waals surface area contributed by atoms with Gasteiger partial charge in [0.15, 0.2) is 0 Å². The van der Waals surface area contributed by atoms with Gasteiger partial charge in [0.05, 0.1) is 97.8 Å². The van der Waals surface area contributed by atoms with Crippen LogP contribution in [0.2, 0.25) is 0 Å². The Kier molecular flexibility index (Phi) is 29.4. The van der Waals surface area contributed by atoms with E-state index in [1.807, 2.05) is 0 Å². The zero-order valence-electron chi connectivity index (χ0n) is 52.4. The molecule has 0 atom stereocenters. The molecule has 510 valence electrons. The zero-order valence-corrected chi connectivity index (χ0v) is 60.2. The van der Waals surface area contributed by atoms with Gasteiger partial charge in [-0.3, -0.25) is 0 Å². The minimum absolute atomic E-state index is 0. The monoisotopic (exact) mass is 1480 g/mol. The summed E-state index contributed by atoms with van der Waals surface area (Å²) in [6, 6.07) is 18.0. The molecular formula is C62H64BF24NaP6+4. The van der Waals surface area contributed by atoms with Crippen molar-refractivity contribution in [3.63, 3.8) is 0 Å². The van der Waals surface area contributed by atoms with Gasteiger partial charge in [-0.2, -0.15) is 127 Å². The molecule has 94 heavy (non-hydrogen) atoms. The van der Waals surface area contributed by atoms with Gasteiger partial charge < -0.3 is 0 Å². The molecule has 0 aromatic heterocycles. The third-order valence-electron chi connectivity index (χ3n) is 14.3. The number of halogens is 24. The zero-order chi connectivity index (χ0) is 71.3. The van der Waals surface area contributed by atoms with Crippen molar-refractivity contribution in [3.05, 3.63) is 190 Å². The van der Waals surface area contributed by atoms with E-state index in [2.05, 4.69) is 153 Å². The summed E-state index contributed by atoms with van der Waals surface area (Å²) < 4.78 is 341. The third-order valence-corrected chi connectivity index (χ3v) is 23.7. The number of alkyl halides is 24. The van der Waals surface area contributed by atoms with E-state index in [4.69, 9.17) is 0 Å². The Morgan fingerprint density at radius 1 is 0.245 bits per heavy atom. The smallest absolute Gasteiger partial charge is 0.194 e. The fraction of sp³-hybridized carbons (Fsp3) is 0.323. The van der Waals surface area contributed by atoms with E-state index in [1.165, 1.54) is 0 Å². The van der Waals surface area contributed by atoms with Gasteiger partial charge in [-0.15, -0.1) is 0 Å². The van der Waals surface area contributed by atoms with Gasteiger partial charge in [0.25, 0.3) is 0 Å². The Morgan fingerprint density at radius 2 is 0.383 bits per heavy atom. The summed E-state index contributed by atoms with van der Waals surface area (Å²) in [5.41, 5.74) is -30.2. The van der Waals surface area contributed by atoms with Crippen LogP contribution in [0, 0.1) is 0 Å². The first-order valence-electron chi connectivity index (χ1n) is 27.3. The first kappa shape index (κ1) is 84.7. The molecule has 0 N–H and O–H groups in total. The average molecular weight is 1480 g/mol. The number of benzene rings is 7. The van der Waals surface area contributed by atoms with Gasteiger partial charge in [0.1, 0.15) is 27.4 Å². The van der Waals surface area contributed by atoms with Crippen molar-refractivity contribution in [2.24, 2.45) is 0 Å². The predicted octanol–water partition coefficient (Wildman–Crippen LogP) is 14.4. The second-order valence-corrected chi connectivity index (χ2v) is 37.3. The fourth-order valence-corrected chi connectivity index (χ4v) is 20.2. The molecule has 7 aromatic rings. The molecule has 32 heteroatoms. The third kappa shape index (κ3) is 22.5. The van der Waals surface area contributed by atoms with Crippen LogP contribution in [0.5, 0.6) is 0 Å². The van der Waals surface area contributed by atoms with Gasteiger partial charge in [-0.25, -0.2) is 0 Å². The molecule has 0 aliphatic heterocycles. The van der Waals surface area contributed by atoms with Crippen LogP contribution in [0.15, 0.2) is 146 Å². The van der Waals surface area contributed by atoms with Gasteiger partial charge in [0, 0.05) is 31.7 Å². The number of hydrogen-bond donors (Lipinski definition) is 0. The van der Waals surface area contributed by atoms with E-state index in [0.29, 0.717) is 0 Å². The summed E-state index contributed by atoms with van der Waals surface area (Å²) in [5, 5.41) is 9.73. The maximum atomic E-state index is 14.2. The minimum Gasteiger partial charge on any atom is -0.194 e. The molecule has 0 nitrogen and oxygen atoms in total. The topological polar surface area (TPSA) is 0 Å². The van der Waals surface area contributed by atoms with Crippen LogP contribution in [-0.2, 0) is 49.4 Å². The number of rotatable bonds is 10. The Morgan fingerprint density at radius 3 is 0.500 bits per heavy atom. The Balaban J connectivity index is 0.000000495. The predicted molar refractivity (Wildman–Crippen MR) is 345 cm³/mol. The molecule has 0 saturated heterocycles. The van der Waals surface area contributed by atoms with Crippen molar-refractivity contribution in [3.8, 4) is 0 Å². The van der Waals surface area contributed by atoms with Crippen LogP contribution in [-0.4, -0.2) is 86.1 Å². The van der Waals surface area contributed by atoms with Crippen molar-refractivity contribution in [2.75, 3.05) is 80.0 Å². The summed E-state index contributed by atoms with van der Waals surface area (Å²) in [7, 11) is -0.910. The molecule has 7 rings (SSSR count). The molecule has 0 bridgehead atoms. The van der Waals surface area contributed by atoms with Crippen molar-refractivity contribution >= 4 is 107 Å². The van der Waals surface area contributed by atoms with Crippen molar-refractivity contribution < 1.29 is 135 Å². The molecule has 0 spiro atoms. The van der Waals surface area contributed by atoms with E-state index < -0.39 is 195 Å². The van der Waals surface area contributed by atoms with Crippen LogP contribution in [0.4, 0.5) is 105 Å². The Bertz CT molecular complexity index is 2990. The van der Waals surface area contributed by atoms with E-state index in [9.17, 15) is 105 Å². The largest absolute Gasteiger partial charge is 1.00 e. The van der Waals surface area contributed by atoms with Crippen LogP contribution in [0.1, 0.15) is 44.5 Å². The maximum absolute atomic E-state index is 14.2. The summed E-state index contributed by atoms with van der Waals surface area (Å²) in [6.45, 7) is 28.3. The Hall–Kier alpha value is -3.50. The molecule has 0 radical (unpaired) electrons. The normalized spacial score (nSPS) is 13.0. The first-order chi connectivity index (χ1) is 42.1. The molecule has 0 aliphatic carbocycles. The first-order valence-corrected chi connectivity index (χ1v) is 41.8. The van der Waals surface area contributed by atoms with E-state index >= 15 is 0 Å². The molecule has 0 amide bonds. The summed E-state index contributed by atoms with van der Waals surface area (Å²) >= 11 is 0. The van der Waals surface area contributed by atoms with Gasteiger partial charge in [-0.1, -0.05) is 113 Å². The quantitative estimate of drug-likeness (QED) is 0.0727. The Labute approximate surface area is 558 Å². The molecule has 0 aliphatic rings. The van der Waals surface area contributed by atoms with Crippen LogP contribution < -0.4 is 83.2 Å². The SMILES string of the molecule is CP(C)c1ccccc1P(C)C.C[PH+](C)c1ccccc1[PH+](C)C.C[PH+](C)c1ccccc1[PH+](C)C.FC(F)(F)c1cc([B-](c2cc(C(F)(F)F)cc(C(F)(F)F)c2)(c2cc(C(F)(F)F)cc(C(F)(F)F)c2)c2cc(C(F)(F)F)cc(C(F)(F)F)c2)cc(C(F)(F)F)c1.[Na+]. The molecule has 0 fully saturated rings. The van der Waals surface area contributed by atoms with Gasteiger partial charge in [0.2, 0.25) is 0 Å². The van der Waals surface area contributed by atoms with Crippen molar-refractivity contribution in [1.29, 1.82) is 0 Å². The molecular weight excluding hydrogens is 1420 g/mol. The second-order valence-electron chi connectivity index (χ2n) is 22.6. The fourth-order valence-electron chi connectivity index (χ4n) is 10.0. The summed E-state index contributed by atoms with van der Waals surface area (Å²) in [5.74, 6) is 0. The molecule has 7 aromatic carbocycles. The van der Waals surface area contributed by atoms with Crippen LogP contribution in [0.3, 0.4) is 0 Å². The summed E-state index contributed by atoms with van der Waals surface area (Å²) in [4.78, 5) is 0.